The first-order chi connectivity index (χ1) is 12.8. The Labute approximate surface area is 158 Å². The fourth-order valence-electron chi connectivity index (χ4n) is 3.46. The van der Waals surface area contributed by atoms with E-state index in [4.69, 9.17) is 4.74 Å². The molecule has 1 aromatic rings. The number of carbonyl (C=O) groups excluding carboxylic acids is 1. The first-order valence-corrected chi connectivity index (χ1v) is 10.5. The second kappa shape index (κ2) is 7.95. The summed E-state index contributed by atoms with van der Waals surface area (Å²) >= 11 is 0. The Balaban J connectivity index is 1.76. The van der Waals surface area contributed by atoms with Crippen LogP contribution in [0.15, 0.2) is 29.2 Å². The van der Waals surface area contributed by atoms with E-state index >= 15 is 0 Å². The van der Waals surface area contributed by atoms with E-state index in [-0.39, 0.29) is 23.4 Å². The summed E-state index contributed by atoms with van der Waals surface area (Å²) in [5, 5.41) is 9.23. The van der Waals surface area contributed by atoms with Gasteiger partial charge in [-0.25, -0.2) is 8.42 Å². The van der Waals surface area contributed by atoms with Crippen molar-refractivity contribution in [2.45, 2.75) is 30.7 Å². The topological polar surface area (TPSA) is 104 Å². The van der Waals surface area contributed by atoms with Crippen molar-refractivity contribution in [2.24, 2.45) is 5.92 Å². The zero-order valence-corrected chi connectivity index (χ0v) is 16.0. The lowest BCUT2D eigenvalue weighted by Crippen LogP contribution is -2.47. The minimum atomic E-state index is -3.61. The van der Waals surface area contributed by atoms with Gasteiger partial charge in [0.25, 0.3) is 5.91 Å². The van der Waals surface area contributed by atoms with Gasteiger partial charge in [0.1, 0.15) is 0 Å². The normalized spacial score (nSPS) is 24.6. The molecule has 2 saturated heterocycles. The monoisotopic (exact) mass is 396 g/mol. The Kier molecular flexibility index (Phi) is 5.83. The first-order valence-electron chi connectivity index (χ1n) is 9.02. The number of likely N-dealkylation sites (tertiary alicyclic amines) is 1. The molecule has 2 aliphatic rings. The highest BCUT2D eigenvalue weighted by atomic mass is 32.2. The summed E-state index contributed by atoms with van der Waals surface area (Å²) in [7, 11) is -3.61. The van der Waals surface area contributed by atoms with Crippen LogP contribution in [-0.4, -0.2) is 73.5 Å². The summed E-state index contributed by atoms with van der Waals surface area (Å²) in [6, 6.07) is 5.80. The van der Waals surface area contributed by atoms with Gasteiger partial charge < -0.3 is 14.7 Å². The number of nitrogens with zero attached hydrogens (tertiary/aromatic N) is 2. The molecule has 2 fully saturated rings. The van der Waals surface area contributed by atoms with Gasteiger partial charge in [-0.2, -0.15) is 4.31 Å². The Morgan fingerprint density at radius 1 is 1.11 bits per heavy atom. The van der Waals surface area contributed by atoms with Crippen LogP contribution in [-0.2, 0) is 19.6 Å². The first kappa shape index (κ1) is 19.8. The minimum Gasteiger partial charge on any atom is -0.481 e. The minimum absolute atomic E-state index is 0.0511. The average molecular weight is 396 g/mol. The van der Waals surface area contributed by atoms with E-state index in [9.17, 15) is 23.1 Å². The van der Waals surface area contributed by atoms with E-state index in [1.165, 1.54) is 28.6 Å². The molecule has 0 radical (unpaired) electrons. The summed E-state index contributed by atoms with van der Waals surface area (Å²) < 4.78 is 31.9. The third-order valence-electron chi connectivity index (χ3n) is 5.20. The number of benzene rings is 1. The number of amides is 1. The van der Waals surface area contributed by atoms with Crippen LogP contribution in [0.4, 0.5) is 0 Å². The Morgan fingerprint density at radius 2 is 1.74 bits per heavy atom. The molecule has 3 rings (SSSR count). The van der Waals surface area contributed by atoms with E-state index in [1.807, 2.05) is 6.92 Å². The van der Waals surface area contributed by atoms with Gasteiger partial charge in [0.05, 0.1) is 24.0 Å². The molecule has 0 spiro atoms. The molecule has 0 aliphatic carbocycles. The molecule has 1 N–H and O–H groups in total. The molecule has 0 saturated carbocycles. The quantitative estimate of drug-likeness (QED) is 0.815. The number of carboxylic acids is 1. The number of carboxylic acid groups (broad SMARTS) is 1. The van der Waals surface area contributed by atoms with E-state index in [0.717, 1.165) is 0 Å². The summed E-state index contributed by atoms with van der Waals surface area (Å²) in [6.45, 7) is 3.42. The average Bonchev–Trinajstić information content (AvgIpc) is 2.68. The fourth-order valence-corrected chi connectivity index (χ4v) is 4.87. The Morgan fingerprint density at radius 3 is 2.33 bits per heavy atom. The molecule has 9 heteroatoms. The van der Waals surface area contributed by atoms with Gasteiger partial charge in [-0.3, -0.25) is 9.59 Å². The van der Waals surface area contributed by atoms with Crippen molar-refractivity contribution in [3.8, 4) is 0 Å². The number of ether oxygens (including phenoxy) is 1. The third kappa shape index (κ3) is 4.15. The van der Waals surface area contributed by atoms with E-state index in [1.54, 1.807) is 4.90 Å². The largest absolute Gasteiger partial charge is 0.481 e. The van der Waals surface area contributed by atoms with Crippen molar-refractivity contribution < 1.29 is 27.9 Å². The van der Waals surface area contributed by atoms with Crippen molar-refractivity contribution in [1.29, 1.82) is 0 Å². The van der Waals surface area contributed by atoms with E-state index < -0.39 is 21.9 Å². The lowest BCUT2D eigenvalue weighted by molar-refractivity contribution is -0.143. The molecular weight excluding hydrogens is 372 g/mol. The number of carbonyl (C=O) groups is 2. The van der Waals surface area contributed by atoms with Crippen LogP contribution in [0.25, 0.3) is 0 Å². The summed E-state index contributed by atoms with van der Waals surface area (Å²) in [5.41, 5.74) is 0.355. The Bertz CT molecular complexity index is 802. The molecule has 0 bridgehead atoms. The zero-order chi connectivity index (χ0) is 19.6. The molecule has 8 nitrogen and oxygen atoms in total. The summed E-state index contributed by atoms with van der Waals surface area (Å²) in [6.07, 6.45) is 1.18. The number of aliphatic carboxylic acids is 1. The van der Waals surface area contributed by atoms with Gasteiger partial charge in [0.15, 0.2) is 0 Å². The van der Waals surface area contributed by atoms with Crippen LogP contribution < -0.4 is 0 Å². The number of hydrogen-bond donors (Lipinski definition) is 1. The molecular formula is C18H24N2O6S. The highest BCUT2D eigenvalue weighted by Gasteiger charge is 2.33. The van der Waals surface area contributed by atoms with Gasteiger partial charge in [-0.15, -0.1) is 0 Å². The van der Waals surface area contributed by atoms with Gasteiger partial charge in [0.2, 0.25) is 10.0 Å². The number of rotatable bonds is 4. The molecule has 148 valence electrons. The molecule has 1 amide bonds. The lowest BCUT2D eigenvalue weighted by Gasteiger charge is -2.36. The van der Waals surface area contributed by atoms with Gasteiger partial charge in [-0.05, 0) is 44.0 Å². The highest BCUT2D eigenvalue weighted by Crippen LogP contribution is 2.25. The van der Waals surface area contributed by atoms with Gasteiger partial charge >= 0.3 is 5.97 Å². The van der Waals surface area contributed by atoms with E-state index in [0.29, 0.717) is 44.7 Å². The van der Waals surface area contributed by atoms with Crippen LogP contribution >= 0.6 is 0 Å². The van der Waals surface area contributed by atoms with Crippen molar-refractivity contribution in [3.05, 3.63) is 29.8 Å². The van der Waals surface area contributed by atoms with Gasteiger partial charge in [-0.1, -0.05) is 0 Å². The van der Waals surface area contributed by atoms with Gasteiger partial charge in [0, 0.05) is 31.2 Å². The zero-order valence-electron chi connectivity index (χ0n) is 15.2. The molecule has 0 aromatic heterocycles. The van der Waals surface area contributed by atoms with Crippen molar-refractivity contribution in [1.82, 2.24) is 9.21 Å². The number of morpholine rings is 1. The fraction of sp³-hybridized carbons (Fsp3) is 0.556. The standard InChI is InChI=1S/C18H24N2O6S/c1-13-2-3-15(18(22)23)12-20(13)17(21)14-4-6-16(7-5-14)27(24,25)19-8-10-26-11-9-19/h4-7,13,15H,2-3,8-12H2,1H3,(H,22,23). The number of piperidine rings is 1. The molecule has 2 atom stereocenters. The Hall–Kier alpha value is -1.97. The molecule has 27 heavy (non-hydrogen) atoms. The van der Waals surface area contributed by atoms with Crippen molar-refractivity contribution in [3.63, 3.8) is 0 Å². The van der Waals surface area contributed by atoms with Crippen molar-refractivity contribution >= 4 is 21.9 Å². The van der Waals surface area contributed by atoms with Crippen LogP contribution in [0.3, 0.4) is 0 Å². The smallest absolute Gasteiger partial charge is 0.308 e. The number of hydrogen-bond acceptors (Lipinski definition) is 5. The summed E-state index contributed by atoms with van der Waals surface area (Å²) in [4.78, 5) is 25.7. The third-order valence-corrected chi connectivity index (χ3v) is 7.11. The second-order valence-corrected chi connectivity index (χ2v) is 8.90. The molecule has 2 heterocycles. The number of sulfonamides is 1. The molecule has 1 aromatic carbocycles. The maximum absolute atomic E-state index is 12.8. The molecule has 2 aliphatic heterocycles. The lowest BCUT2D eigenvalue weighted by atomic mass is 9.93. The van der Waals surface area contributed by atoms with Crippen LogP contribution in [0.5, 0.6) is 0 Å². The van der Waals surface area contributed by atoms with Crippen molar-refractivity contribution in [2.75, 3.05) is 32.8 Å². The molecule has 2 unspecified atom stereocenters. The maximum Gasteiger partial charge on any atom is 0.308 e. The predicted molar refractivity (Wildman–Crippen MR) is 96.9 cm³/mol. The van der Waals surface area contributed by atoms with Crippen LogP contribution in [0, 0.1) is 5.92 Å². The SMILES string of the molecule is CC1CCC(C(=O)O)CN1C(=O)c1ccc(S(=O)(=O)N2CCOCC2)cc1. The van der Waals surface area contributed by atoms with Crippen LogP contribution in [0.1, 0.15) is 30.1 Å². The highest BCUT2D eigenvalue weighted by molar-refractivity contribution is 7.89. The van der Waals surface area contributed by atoms with Crippen LogP contribution in [0.2, 0.25) is 0 Å². The maximum atomic E-state index is 12.8. The summed E-state index contributed by atoms with van der Waals surface area (Å²) in [5.74, 6) is -1.73. The second-order valence-electron chi connectivity index (χ2n) is 6.96. The predicted octanol–water partition coefficient (Wildman–Crippen LogP) is 1.03. The van der Waals surface area contributed by atoms with E-state index in [2.05, 4.69) is 0 Å².